The third-order valence-corrected chi connectivity index (χ3v) is 1.12. The van der Waals surface area contributed by atoms with Crippen LogP contribution in [0.4, 0.5) is 0 Å². The number of hydrogen-bond donors (Lipinski definition) is 0. The summed E-state index contributed by atoms with van der Waals surface area (Å²) in [5.41, 5.74) is 0.942. The van der Waals surface area contributed by atoms with Gasteiger partial charge in [-0.2, -0.15) is 0 Å². The van der Waals surface area contributed by atoms with Crippen molar-refractivity contribution < 1.29 is 4.79 Å². The van der Waals surface area contributed by atoms with E-state index in [4.69, 9.17) is 0 Å². The van der Waals surface area contributed by atoms with Crippen molar-refractivity contribution in [1.82, 2.24) is 0 Å². The average molecular weight is 148 g/mol. The molecular formula is C10H12O. The maximum absolute atomic E-state index is 9.93. The molecule has 0 fully saturated rings. The molecule has 0 rings (SSSR count). The fraction of sp³-hybridized carbons (Fsp3) is 0.100. The van der Waals surface area contributed by atoms with Crippen molar-refractivity contribution in [2.24, 2.45) is 0 Å². The van der Waals surface area contributed by atoms with E-state index in [0.717, 1.165) is 18.3 Å². The molecule has 0 N–H and O–H groups in total. The van der Waals surface area contributed by atoms with Crippen molar-refractivity contribution in [1.29, 1.82) is 0 Å². The van der Waals surface area contributed by atoms with Gasteiger partial charge in [-0.3, -0.25) is 4.79 Å². The fourth-order valence-corrected chi connectivity index (χ4v) is 0.589. The molecule has 0 atom stereocenters. The molecule has 0 aromatic rings. The SMILES string of the molecule is C=CC/C=C(C=C)/C=C/C=O. The van der Waals surface area contributed by atoms with Gasteiger partial charge in [-0.1, -0.05) is 30.9 Å². The van der Waals surface area contributed by atoms with E-state index in [1.54, 1.807) is 18.2 Å². The smallest absolute Gasteiger partial charge is 0.142 e. The molecule has 0 aromatic carbocycles. The first-order valence-corrected chi connectivity index (χ1v) is 3.40. The van der Waals surface area contributed by atoms with Gasteiger partial charge in [0.25, 0.3) is 0 Å². The number of aldehydes is 1. The van der Waals surface area contributed by atoms with E-state index in [1.807, 2.05) is 6.08 Å². The first-order chi connectivity index (χ1) is 5.35. The van der Waals surface area contributed by atoms with Crippen LogP contribution in [-0.4, -0.2) is 6.29 Å². The van der Waals surface area contributed by atoms with Crippen molar-refractivity contribution in [2.45, 2.75) is 6.42 Å². The van der Waals surface area contributed by atoms with Crippen LogP contribution in [0.1, 0.15) is 6.42 Å². The zero-order valence-corrected chi connectivity index (χ0v) is 6.49. The standard InChI is InChI=1S/C10H12O/c1-3-5-7-10(4-2)8-6-9-11/h3-4,6-9H,1-2,5H2/b8-6+,10-7+. The second kappa shape index (κ2) is 6.75. The first-order valence-electron chi connectivity index (χ1n) is 3.40. The van der Waals surface area contributed by atoms with Gasteiger partial charge in [0.2, 0.25) is 0 Å². The molecule has 0 aliphatic rings. The molecule has 11 heavy (non-hydrogen) atoms. The topological polar surface area (TPSA) is 17.1 Å². The highest BCUT2D eigenvalue weighted by molar-refractivity contribution is 5.66. The predicted octanol–water partition coefficient (Wildman–Crippen LogP) is 2.43. The largest absolute Gasteiger partial charge is 0.299 e. The molecule has 0 aliphatic carbocycles. The van der Waals surface area contributed by atoms with Crippen LogP contribution in [0.2, 0.25) is 0 Å². The molecule has 1 nitrogen and oxygen atoms in total. The van der Waals surface area contributed by atoms with Gasteiger partial charge >= 0.3 is 0 Å². The lowest BCUT2D eigenvalue weighted by atomic mass is 10.2. The molecule has 0 aliphatic heterocycles. The summed E-state index contributed by atoms with van der Waals surface area (Å²) >= 11 is 0. The van der Waals surface area contributed by atoms with Crippen LogP contribution in [0.25, 0.3) is 0 Å². The predicted molar refractivity (Wildman–Crippen MR) is 48.3 cm³/mol. The Labute approximate surface area is 67.4 Å². The van der Waals surface area contributed by atoms with Crippen LogP contribution in [0.3, 0.4) is 0 Å². The van der Waals surface area contributed by atoms with Crippen LogP contribution in [-0.2, 0) is 4.79 Å². The number of hydrogen-bond acceptors (Lipinski definition) is 1. The van der Waals surface area contributed by atoms with E-state index >= 15 is 0 Å². The second-order valence-corrected chi connectivity index (χ2v) is 1.93. The third-order valence-electron chi connectivity index (χ3n) is 1.12. The highest BCUT2D eigenvalue weighted by Crippen LogP contribution is 1.99. The molecule has 0 saturated carbocycles. The lowest BCUT2D eigenvalue weighted by molar-refractivity contribution is -0.104. The molecule has 0 heterocycles. The average Bonchev–Trinajstić information content (AvgIpc) is 2.05. The third kappa shape index (κ3) is 5.09. The van der Waals surface area contributed by atoms with Crippen LogP contribution in [0.15, 0.2) is 49.1 Å². The van der Waals surface area contributed by atoms with Crippen LogP contribution >= 0.6 is 0 Å². The Morgan fingerprint density at radius 1 is 1.36 bits per heavy atom. The lowest BCUT2D eigenvalue weighted by Crippen LogP contribution is -1.70. The van der Waals surface area contributed by atoms with Crippen molar-refractivity contribution in [3.05, 3.63) is 49.1 Å². The van der Waals surface area contributed by atoms with Gasteiger partial charge in [-0.15, -0.1) is 6.58 Å². The summed E-state index contributed by atoms with van der Waals surface area (Å²) in [7, 11) is 0. The molecule has 0 spiro atoms. The first kappa shape index (κ1) is 9.63. The van der Waals surface area contributed by atoms with Gasteiger partial charge in [0, 0.05) is 0 Å². The number of allylic oxidation sites excluding steroid dienone is 6. The summed E-state index contributed by atoms with van der Waals surface area (Å²) in [6, 6.07) is 0. The van der Waals surface area contributed by atoms with Gasteiger partial charge in [0.15, 0.2) is 0 Å². The maximum Gasteiger partial charge on any atom is 0.142 e. The Morgan fingerprint density at radius 3 is 2.55 bits per heavy atom. The van der Waals surface area contributed by atoms with Crippen molar-refractivity contribution in [3.8, 4) is 0 Å². The number of carbonyl (C=O) groups excluding carboxylic acids is 1. The molecule has 0 radical (unpaired) electrons. The van der Waals surface area contributed by atoms with Crippen molar-refractivity contribution >= 4 is 6.29 Å². The summed E-state index contributed by atoms with van der Waals surface area (Å²) in [5.74, 6) is 0. The van der Waals surface area contributed by atoms with Gasteiger partial charge in [-0.25, -0.2) is 0 Å². The van der Waals surface area contributed by atoms with Crippen LogP contribution in [0, 0.1) is 0 Å². The van der Waals surface area contributed by atoms with Crippen molar-refractivity contribution in [2.75, 3.05) is 0 Å². The van der Waals surface area contributed by atoms with E-state index in [2.05, 4.69) is 13.2 Å². The maximum atomic E-state index is 9.93. The summed E-state index contributed by atoms with van der Waals surface area (Å²) in [4.78, 5) is 9.93. The Kier molecular flexibility index (Phi) is 5.91. The highest BCUT2D eigenvalue weighted by atomic mass is 16.1. The molecule has 0 aromatic heterocycles. The summed E-state index contributed by atoms with van der Waals surface area (Å²) < 4.78 is 0. The molecule has 58 valence electrons. The minimum absolute atomic E-state index is 0.741. The Hall–Kier alpha value is -1.37. The van der Waals surface area contributed by atoms with Crippen LogP contribution in [0.5, 0.6) is 0 Å². The molecule has 0 bridgehead atoms. The summed E-state index contributed by atoms with van der Waals surface area (Å²) in [5, 5.41) is 0. The highest BCUT2D eigenvalue weighted by Gasteiger charge is 1.80. The molecule has 0 saturated heterocycles. The van der Waals surface area contributed by atoms with Crippen molar-refractivity contribution in [3.63, 3.8) is 0 Å². The normalized spacial score (nSPS) is 11.5. The van der Waals surface area contributed by atoms with E-state index in [9.17, 15) is 4.79 Å². The molecule has 1 heteroatoms. The second-order valence-electron chi connectivity index (χ2n) is 1.93. The van der Waals surface area contributed by atoms with E-state index in [1.165, 1.54) is 6.08 Å². The van der Waals surface area contributed by atoms with E-state index < -0.39 is 0 Å². The Morgan fingerprint density at radius 2 is 2.09 bits per heavy atom. The van der Waals surface area contributed by atoms with Gasteiger partial charge < -0.3 is 0 Å². The summed E-state index contributed by atoms with van der Waals surface area (Å²) in [6.07, 6.45) is 10.1. The van der Waals surface area contributed by atoms with Gasteiger partial charge in [0.05, 0.1) is 0 Å². The van der Waals surface area contributed by atoms with Gasteiger partial charge in [-0.05, 0) is 18.1 Å². The monoisotopic (exact) mass is 148 g/mol. The molecule has 0 amide bonds. The Balaban J connectivity index is 4.13. The lowest BCUT2D eigenvalue weighted by Gasteiger charge is -1.88. The number of rotatable bonds is 5. The van der Waals surface area contributed by atoms with E-state index in [-0.39, 0.29) is 0 Å². The zero-order valence-electron chi connectivity index (χ0n) is 6.49. The summed E-state index contributed by atoms with van der Waals surface area (Å²) in [6.45, 7) is 7.17. The minimum Gasteiger partial charge on any atom is -0.299 e. The number of carbonyl (C=O) groups is 1. The van der Waals surface area contributed by atoms with E-state index in [0.29, 0.717) is 0 Å². The quantitative estimate of drug-likeness (QED) is 0.253. The minimum atomic E-state index is 0.741. The Bertz CT molecular complexity index is 197. The fourth-order valence-electron chi connectivity index (χ4n) is 0.589. The molecule has 0 unspecified atom stereocenters. The molecular weight excluding hydrogens is 136 g/mol. The zero-order chi connectivity index (χ0) is 8.53. The van der Waals surface area contributed by atoms with Crippen LogP contribution < -0.4 is 0 Å². The van der Waals surface area contributed by atoms with Gasteiger partial charge in [0.1, 0.15) is 6.29 Å².